The summed E-state index contributed by atoms with van der Waals surface area (Å²) in [5, 5.41) is 12.2. The van der Waals surface area contributed by atoms with Gasteiger partial charge in [-0.05, 0) is 48.9 Å². The molecule has 2 heterocycles. The Balaban J connectivity index is 1.57. The van der Waals surface area contributed by atoms with E-state index < -0.39 is 0 Å². The van der Waals surface area contributed by atoms with Crippen LogP contribution in [-0.2, 0) is 13.0 Å². The van der Waals surface area contributed by atoms with Gasteiger partial charge >= 0.3 is 0 Å². The zero-order chi connectivity index (χ0) is 17.2. The number of fused-ring (bicyclic) bond motifs is 1. The van der Waals surface area contributed by atoms with Crippen LogP contribution < -0.4 is 10.2 Å². The Hall–Kier alpha value is -1.66. The van der Waals surface area contributed by atoms with Crippen molar-refractivity contribution in [3.8, 4) is 0 Å². The van der Waals surface area contributed by atoms with Crippen LogP contribution in [-0.4, -0.2) is 34.8 Å². The van der Waals surface area contributed by atoms with Crippen LogP contribution in [0.5, 0.6) is 0 Å². The van der Waals surface area contributed by atoms with Crippen LogP contribution in [0.25, 0.3) is 0 Å². The van der Waals surface area contributed by atoms with Gasteiger partial charge in [-0.25, -0.2) is 4.98 Å². The average molecular weight is 403 g/mol. The van der Waals surface area contributed by atoms with E-state index in [1.165, 1.54) is 24.0 Å². The monoisotopic (exact) mass is 402 g/mol. The lowest BCUT2D eigenvalue weighted by Crippen LogP contribution is -2.31. The maximum Gasteiger partial charge on any atom is 0.224 e. The molecule has 1 saturated carbocycles. The highest BCUT2D eigenvalue weighted by Crippen LogP contribution is 2.40. The van der Waals surface area contributed by atoms with Crippen LogP contribution in [0, 0.1) is 0 Å². The van der Waals surface area contributed by atoms with E-state index in [-0.39, 0.29) is 6.61 Å². The summed E-state index contributed by atoms with van der Waals surface area (Å²) >= 11 is 3.56. The molecule has 4 rings (SSSR count). The van der Waals surface area contributed by atoms with Gasteiger partial charge in [0.2, 0.25) is 5.95 Å². The van der Waals surface area contributed by atoms with E-state index in [1.54, 1.807) is 0 Å². The molecule has 25 heavy (non-hydrogen) atoms. The number of aromatic nitrogens is 2. The number of halogens is 1. The maximum atomic E-state index is 8.98. The number of rotatable bonds is 6. The van der Waals surface area contributed by atoms with Crippen molar-refractivity contribution in [3.05, 3.63) is 45.6 Å². The minimum Gasteiger partial charge on any atom is -0.396 e. The fourth-order valence-electron chi connectivity index (χ4n) is 3.28. The average Bonchev–Trinajstić information content (AvgIpc) is 3.46. The molecule has 1 fully saturated rings. The van der Waals surface area contributed by atoms with Gasteiger partial charge in [0.15, 0.2) is 0 Å². The van der Waals surface area contributed by atoms with Crippen LogP contribution in [0.15, 0.2) is 28.7 Å². The van der Waals surface area contributed by atoms with Gasteiger partial charge < -0.3 is 15.3 Å². The number of nitrogens with one attached hydrogen (secondary N) is 1. The summed E-state index contributed by atoms with van der Waals surface area (Å²) in [6, 6.07) is 8.71. The standard InChI is InChI=1S/C19H23BrN4O/c20-16-5-4-15-12-24(8-6-14(15)10-16)18-11-17(13-2-3-13)22-19(23-18)21-7-1-9-25/h4-5,10-11,13,25H,1-3,6-9,12H2,(H,21,22,23). The highest BCUT2D eigenvalue weighted by molar-refractivity contribution is 9.10. The van der Waals surface area contributed by atoms with Gasteiger partial charge in [0.05, 0.1) is 5.69 Å². The summed E-state index contributed by atoms with van der Waals surface area (Å²) in [6.07, 6.45) is 4.19. The van der Waals surface area contributed by atoms with Gasteiger partial charge in [-0.15, -0.1) is 0 Å². The van der Waals surface area contributed by atoms with Crippen molar-refractivity contribution < 1.29 is 5.11 Å². The van der Waals surface area contributed by atoms with Gasteiger partial charge in [-0.1, -0.05) is 22.0 Å². The molecular weight excluding hydrogens is 380 g/mol. The van der Waals surface area contributed by atoms with Crippen molar-refractivity contribution in [1.82, 2.24) is 9.97 Å². The Bertz CT molecular complexity index is 763. The van der Waals surface area contributed by atoms with Crippen LogP contribution in [0.4, 0.5) is 11.8 Å². The molecular formula is C19H23BrN4O. The lowest BCUT2D eigenvalue weighted by Gasteiger charge is -2.30. The molecule has 2 aromatic rings. The Morgan fingerprint density at radius 3 is 2.88 bits per heavy atom. The predicted molar refractivity (Wildman–Crippen MR) is 103 cm³/mol. The number of anilines is 2. The van der Waals surface area contributed by atoms with Crippen molar-refractivity contribution in [2.24, 2.45) is 0 Å². The molecule has 0 radical (unpaired) electrons. The SMILES string of the molecule is OCCCNc1nc(C2CC2)cc(N2CCc3cc(Br)ccc3C2)n1. The summed E-state index contributed by atoms with van der Waals surface area (Å²) in [7, 11) is 0. The lowest BCUT2D eigenvalue weighted by molar-refractivity contribution is 0.292. The molecule has 132 valence electrons. The highest BCUT2D eigenvalue weighted by atomic mass is 79.9. The zero-order valence-electron chi connectivity index (χ0n) is 14.2. The quantitative estimate of drug-likeness (QED) is 0.724. The molecule has 6 heteroatoms. The second-order valence-corrected chi connectivity index (χ2v) is 7.75. The Kier molecular flexibility index (Phi) is 4.90. The second-order valence-electron chi connectivity index (χ2n) is 6.84. The second kappa shape index (κ2) is 7.30. The summed E-state index contributed by atoms with van der Waals surface area (Å²) < 4.78 is 1.15. The molecule has 5 nitrogen and oxygen atoms in total. The van der Waals surface area contributed by atoms with Crippen molar-refractivity contribution in [2.75, 3.05) is 29.9 Å². The van der Waals surface area contributed by atoms with E-state index in [2.05, 4.69) is 55.4 Å². The van der Waals surface area contributed by atoms with Crippen molar-refractivity contribution in [2.45, 2.75) is 38.1 Å². The van der Waals surface area contributed by atoms with Crippen molar-refractivity contribution >= 4 is 27.7 Å². The van der Waals surface area contributed by atoms with Crippen molar-refractivity contribution in [1.29, 1.82) is 0 Å². The van der Waals surface area contributed by atoms with E-state index in [4.69, 9.17) is 10.1 Å². The molecule has 1 aliphatic heterocycles. The molecule has 0 spiro atoms. The molecule has 2 aliphatic rings. The Labute approximate surface area is 156 Å². The van der Waals surface area contributed by atoms with Gasteiger partial charge in [0.25, 0.3) is 0 Å². The molecule has 0 saturated heterocycles. The van der Waals surface area contributed by atoms with Gasteiger partial charge in [-0.2, -0.15) is 4.98 Å². The first-order valence-electron chi connectivity index (χ1n) is 8.99. The Morgan fingerprint density at radius 1 is 1.20 bits per heavy atom. The third kappa shape index (κ3) is 3.96. The van der Waals surface area contributed by atoms with E-state index in [0.717, 1.165) is 35.5 Å². The van der Waals surface area contributed by atoms with Gasteiger partial charge in [-0.3, -0.25) is 0 Å². The largest absolute Gasteiger partial charge is 0.396 e. The fourth-order valence-corrected chi connectivity index (χ4v) is 3.69. The normalized spacial score (nSPS) is 16.6. The maximum absolute atomic E-state index is 8.98. The smallest absolute Gasteiger partial charge is 0.224 e. The molecule has 2 N–H and O–H groups in total. The number of nitrogens with zero attached hydrogens (tertiary/aromatic N) is 3. The highest BCUT2D eigenvalue weighted by Gasteiger charge is 2.27. The first-order chi connectivity index (χ1) is 12.2. The van der Waals surface area contributed by atoms with Crippen LogP contribution in [0.2, 0.25) is 0 Å². The fraction of sp³-hybridized carbons (Fsp3) is 0.474. The van der Waals surface area contributed by atoms with Crippen LogP contribution in [0.1, 0.15) is 42.0 Å². The summed E-state index contributed by atoms with van der Waals surface area (Å²) in [5.41, 5.74) is 3.94. The minimum absolute atomic E-state index is 0.181. The number of aliphatic hydroxyl groups excluding tert-OH is 1. The molecule has 1 aromatic heterocycles. The van der Waals surface area contributed by atoms with E-state index in [1.807, 2.05) is 0 Å². The molecule has 1 aromatic carbocycles. The first kappa shape index (κ1) is 16.8. The number of hydrogen-bond donors (Lipinski definition) is 2. The van der Waals surface area contributed by atoms with Crippen LogP contribution >= 0.6 is 15.9 Å². The summed E-state index contributed by atoms with van der Waals surface area (Å²) in [5.74, 6) is 2.29. The predicted octanol–water partition coefficient (Wildman–Crippen LogP) is 3.47. The lowest BCUT2D eigenvalue weighted by atomic mass is 10.00. The van der Waals surface area contributed by atoms with Gasteiger partial charge in [0.1, 0.15) is 5.82 Å². The molecule has 0 amide bonds. The zero-order valence-corrected chi connectivity index (χ0v) is 15.8. The topological polar surface area (TPSA) is 61.3 Å². The van der Waals surface area contributed by atoms with Crippen molar-refractivity contribution in [3.63, 3.8) is 0 Å². The third-order valence-corrected chi connectivity index (χ3v) is 5.34. The number of aliphatic hydroxyl groups is 1. The minimum atomic E-state index is 0.181. The van der Waals surface area contributed by atoms with E-state index in [0.29, 0.717) is 24.8 Å². The van der Waals surface area contributed by atoms with E-state index in [9.17, 15) is 0 Å². The summed E-state index contributed by atoms with van der Waals surface area (Å²) in [6.45, 7) is 2.74. The molecule has 0 bridgehead atoms. The molecule has 0 unspecified atom stereocenters. The Morgan fingerprint density at radius 2 is 2.08 bits per heavy atom. The number of benzene rings is 1. The van der Waals surface area contributed by atoms with Crippen LogP contribution in [0.3, 0.4) is 0 Å². The summed E-state index contributed by atoms with van der Waals surface area (Å²) in [4.78, 5) is 11.8. The van der Waals surface area contributed by atoms with Gasteiger partial charge in [0, 0.05) is 42.7 Å². The van der Waals surface area contributed by atoms with E-state index >= 15 is 0 Å². The molecule has 1 aliphatic carbocycles. The first-order valence-corrected chi connectivity index (χ1v) is 9.78. The molecule has 0 atom stereocenters. The third-order valence-electron chi connectivity index (χ3n) is 4.85. The number of hydrogen-bond acceptors (Lipinski definition) is 5.